The zero-order valence-corrected chi connectivity index (χ0v) is 10.9. The summed E-state index contributed by atoms with van der Waals surface area (Å²) in [6, 6.07) is 8.85. The second-order valence-electron chi connectivity index (χ2n) is 4.58. The van der Waals surface area contributed by atoms with Crippen LogP contribution in [0.25, 0.3) is 11.1 Å². The third-order valence-corrected chi connectivity index (χ3v) is 3.26. The zero-order chi connectivity index (χ0) is 14.2. The molecule has 98 valence electrons. The molecule has 0 saturated heterocycles. The van der Waals surface area contributed by atoms with E-state index in [0.29, 0.717) is 16.9 Å². The van der Waals surface area contributed by atoms with E-state index in [0.717, 1.165) is 16.7 Å². The van der Waals surface area contributed by atoms with Crippen LogP contribution in [0.15, 0.2) is 30.3 Å². The highest BCUT2D eigenvalue weighted by molar-refractivity contribution is 5.95. The van der Waals surface area contributed by atoms with Crippen LogP contribution in [0.4, 0.5) is 11.4 Å². The SMILES string of the molecule is Cc1cc(C(=O)O)c(C)c(-c2ccc(N)cc2)c1N. The Balaban J connectivity index is 2.75. The summed E-state index contributed by atoms with van der Waals surface area (Å²) < 4.78 is 0. The first kappa shape index (κ1) is 13.0. The van der Waals surface area contributed by atoms with E-state index in [1.165, 1.54) is 0 Å². The van der Waals surface area contributed by atoms with Gasteiger partial charge in [-0.15, -0.1) is 0 Å². The summed E-state index contributed by atoms with van der Waals surface area (Å²) >= 11 is 0. The molecule has 0 unspecified atom stereocenters. The van der Waals surface area contributed by atoms with Gasteiger partial charge in [0.25, 0.3) is 0 Å². The number of nitrogens with two attached hydrogens (primary N) is 2. The molecule has 0 aliphatic carbocycles. The summed E-state index contributed by atoms with van der Waals surface area (Å²) in [5, 5.41) is 9.24. The first-order valence-corrected chi connectivity index (χ1v) is 5.90. The molecule has 2 rings (SSSR count). The van der Waals surface area contributed by atoms with E-state index in [9.17, 15) is 9.90 Å². The normalized spacial score (nSPS) is 10.4. The van der Waals surface area contributed by atoms with Crippen LogP contribution in [-0.2, 0) is 0 Å². The fourth-order valence-corrected chi connectivity index (χ4v) is 2.18. The number of anilines is 2. The number of carboxylic acids is 1. The van der Waals surface area contributed by atoms with Crippen molar-refractivity contribution in [1.29, 1.82) is 0 Å². The van der Waals surface area contributed by atoms with Crippen molar-refractivity contribution in [2.75, 3.05) is 11.5 Å². The fourth-order valence-electron chi connectivity index (χ4n) is 2.18. The predicted molar refractivity (Wildman–Crippen MR) is 77.1 cm³/mol. The Morgan fingerprint density at radius 3 is 2.21 bits per heavy atom. The van der Waals surface area contributed by atoms with Crippen molar-refractivity contribution < 1.29 is 9.90 Å². The molecule has 0 amide bonds. The molecule has 0 aliphatic rings. The monoisotopic (exact) mass is 256 g/mol. The highest BCUT2D eigenvalue weighted by atomic mass is 16.4. The van der Waals surface area contributed by atoms with E-state index in [-0.39, 0.29) is 5.56 Å². The molecule has 0 atom stereocenters. The smallest absolute Gasteiger partial charge is 0.335 e. The number of hydrogen-bond donors (Lipinski definition) is 3. The number of benzene rings is 2. The van der Waals surface area contributed by atoms with E-state index in [1.54, 1.807) is 25.1 Å². The van der Waals surface area contributed by atoms with Crippen molar-refractivity contribution >= 4 is 17.3 Å². The van der Waals surface area contributed by atoms with Crippen molar-refractivity contribution in [2.24, 2.45) is 0 Å². The highest BCUT2D eigenvalue weighted by Crippen LogP contribution is 2.34. The minimum Gasteiger partial charge on any atom is -0.478 e. The lowest BCUT2D eigenvalue weighted by atomic mass is 9.92. The van der Waals surface area contributed by atoms with Gasteiger partial charge in [0, 0.05) is 16.9 Å². The number of aryl methyl sites for hydroxylation is 1. The van der Waals surface area contributed by atoms with E-state index in [4.69, 9.17) is 11.5 Å². The fraction of sp³-hybridized carbons (Fsp3) is 0.133. The number of hydrogen-bond acceptors (Lipinski definition) is 3. The molecule has 0 saturated carbocycles. The summed E-state index contributed by atoms with van der Waals surface area (Å²) in [5.74, 6) is -0.947. The Hall–Kier alpha value is -2.49. The van der Waals surface area contributed by atoms with Gasteiger partial charge in [0.15, 0.2) is 0 Å². The number of nitrogen functional groups attached to an aromatic ring is 2. The summed E-state index contributed by atoms with van der Waals surface area (Å²) in [6.45, 7) is 3.58. The van der Waals surface area contributed by atoms with Crippen LogP contribution in [-0.4, -0.2) is 11.1 Å². The van der Waals surface area contributed by atoms with Gasteiger partial charge >= 0.3 is 5.97 Å². The Morgan fingerprint density at radius 2 is 1.68 bits per heavy atom. The lowest BCUT2D eigenvalue weighted by Gasteiger charge is -2.15. The van der Waals surface area contributed by atoms with Gasteiger partial charge in [0.1, 0.15) is 0 Å². The maximum atomic E-state index is 11.3. The Kier molecular flexibility index (Phi) is 3.17. The number of carboxylic acid groups (broad SMARTS) is 1. The minimum absolute atomic E-state index is 0.276. The van der Waals surface area contributed by atoms with E-state index in [1.807, 2.05) is 19.1 Å². The topological polar surface area (TPSA) is 89.3 Å². The van der Waals surface area contributed by atoms with E-state index in [2.05, 4.69) is 0 Å². The lowest BCUT2D eigenvalue weighted by Crippen LogP contribution is -2.05. The van der Waals surface area contributed by atoms with Crippen molar-refractivity contribution in [3.05, 3.63) is 47.0 Å². The van der Waals surface area contributed by atoms with Crippen molar-refractivity contribution in [1.82, 2.24) is 0 Å². The quantitative estimate of drug-likeness (QED) is 0.721. The van der Waals surface area contributed by atoms with Crippen LogP contribution >= 0.6 is 0 Å². The zero-order valence-electron chi connectivity index (χ0n) is 10.9. The molecular weight excluding hydrogens is 240 g/mol. The maximum absolute atomic E-state index is 11.3. The number of rotatable bonds is 2. The molecule has 5 N–H and O–H groups in total. The minimum atomic E-state index is -0.947. The first-order valence-electron chi connectivity index (χ1n) is 5.90. The number of carbonyl (C=O) groups is 1. The largest absolute Gasteiger partial charge is 0.478 e. The molecule has 0 fully saturated rings. The summed E-state index contributed by atoms with van der Waals surface area (Å²) in [5.41, 5.74) is 16.4. The van der Waals surface area contributed by atoms with Gasteiger partial charge in [0.05, 0.1) is 5.56 Å². The van der Waals surface area contributed by atoms with Gasteiger partial charge in [-0.3, -0.25) is 0 Å². The molecule has 4 heteroatoms. The molecule has 0 bridgehead atoms. The van der Waals surface area contributed by atoms with Crippen LogP contribution in [0.1, 0.15) is 21.5 Å². The molecule has 0 aliphatic heterocycles. The third-order valence-electron chi connectivity index (χ3n) is 3.26. The molecule has 0 heterocycles. The Bertz CT molecular complexity index is 646. The third kappa shape index (κ3) is 2.25. The van der Waals surface area contributed by atoms with Crippen LogP contribution in [0, 0.1) is 13.8 Å². The molecule has 0 aromatic heterocycles. The first-order chi connectivity index (χ1) is 8.91. The molecule has 2 aromatic rings. The molecule has 0 radical (unpaired) electrons. The van der Waals surface area contributed by atoms with E-state index < -0.39 is 5.97 Å². The van der Waals surface area contributed by atoms with Crippen molar-refractivity contribution in [3.8, 4) is 11.1 Å². The summed E-state index contributed by atoms with van der Waals surface area (Å²) in [7, 11) is 0. The maximum Gasteiger partial charge on any atom is 0.335 e. The average molecular weight is 256 g/mol. The van der Waals surface area contributed by atoms with Gasteiger partial charge < -0.3 is 16.6 Å². The molecule has 19 heavy (non-hydrogen) atoms. The average Bonchev–Trinajstić information content (AvgIpc) is 2.36. The van der Waals surface area contributed by atoms with Crippen molar-refractivity contribution in [3.63, 3.8) is 0 Å². The Labute approximate surface area is 111 Å². The van der Waals surface area contributed by atoms with Gasteiger partial charge in [-0.05, 0) is 48.7 Å². The van der Waals surface area contributed by atoms with Crippen LogP contribution in [0.5, 0.6) is 0 Å². The van der Waals surface area contributed by atoms with Crippen LogP contribution < -0.4 is 11.5 Å². The predicted octanol–water partition coefficient (Wildman–Crippen LogP) is 2.83. The van der Waals surface area contributed by atoms with Crippen LogP contribution in [0.3, 0.4) is 0 Å². The van der Waals surface area contributed by atoms with Gasteiger partial charge in [-0.25, -0.2) is 4.79 Å². The Morgan fingerprint density at radius 1 is 1.11 bits per heavy atom. The number of aromatic carboxylic acids is 1. The standard InChI is InChI=1S/C15H16N2O2/c1-8-7-12(15(18)19)9(2)13(14(8)17)10-3-5-11(16)6-4-10/h3-7H,16-17H2,1-2H3,(H,18,19). The second kappa shape index (κ2) is 4.65. The highest BCUT2D eigenvalue weighted by Gasteiger charge is 2.16. The molecular formula is C15H16N2O2. The molecule has 0 spiro atoms. The van der Waals surface area contributed by atoms with Gasteiger partial charge in [-0.1, -0.05) is 12.1 Å². The summed E-state index contributed by atoms with van der Waals surface area (Å²) in [4.78, 5) is 11.3. The van der Waals surface area contributed by atoms with E-state index >= 15 is 0 Å². The van der Waals surface area contributed by atoms with Gasteiger partial charge in [0.2, 0.25) is 0 Å². The molecule has 4 nitrogen and oxygen atoms in total. The second-order valence-corrected chi connectivity index (χ2v) is 4.58. The lowest BCUT2D eigenvalue weighted by molar-refractivity contribution is 0.0696. The summed E-state index contributed by atoms with van der Waals surface area (Å²) in [6.07, 6.45) is 0. The van der Waals surface area contributed by atoms with Gasteiger partial charge in [-0.2, -0.15) is 0 Å². The molecule has 2 aromatic carbocycles. The van der Waals surface area contributed by atoms with Crippen molar-refractivity contribution in [2.45, 2.75) is 13.8 Å². The van der Waals surface area contributed by atoms with Crippen LogP contribution in [0.2, 0.25) is 0 Å².